The van der Waals surface area contributed by atoms with E-state index >= 15 is 0 Å². The van der Waals surface area contributed by atoms with Gasteiger partial charge in [-0.25, -0.2) is 0 Å². The van der Waals surface area contributed by atoms with E-state index in [-0.39, 0.29) is 115 Å². The first-order valence-electron chi connectivity index (χ1n) is 29.9. The van der Waals surface area contributed by atoms with Crippen molar-refractivity contribution >= 4 is 52.9 Å². The smallest absolute Gasteiger partial charge is 1.00 e. The molecule has 0 spiro atoms. The minimum Gasteiger partial charge on any atom is -1.00 e. The molecule has 0 bridgehead atoms. The van der Waals surface area contributed by atoms with E-state index in [1.165, 1.54) is 150 Å². The first-order chi connectivity index (χ1) is 37.7. The molecule has 8 saturated carbocycles. The van der Waals surface area contributed by atoms with E-state index in [4.69, 9.17) is 0 Å². The second-order valence-electron chi connectivity index (χ2n) is 22.1. The number of halogens is 2. The van der Waals surface area contributed by atoms with E-state index < -0.39 is 15.8 Å². The molecule has 0 saturated heterocycles. The summed E-state index contributed by atoms with van der Waals surface area (Å²) in [5.74, 6) is 3.35. The minimum atomic E-state index is -0.511. The van der Waals surface area contributed by atoms with Gasteiger partial charge in [-0.15, -0.1) is 0 Å². The van der Waals surface area contributed by atoms with Gasteiger partial charge in [0.25, 0.3) is 0 Å². The van der Waals surface area contributed by atoms with Crippen LogP contribution in [0.4, 0.5) is 0 Å². The van der Waals surface area contributed by atoms with Crippen LogP contribution in [-0.2, 0) is 74.3 Å². The Morgan fingerprint density at radius 1 is 0.293 bits per heavy atom. The molecule has 4 aromatic carbocycles. The van der Waals surface area contributed by atoms with Crippen LogP contribution in [0.15, 0.2) is 121 Å². The third-order valence-electron chi connectivity index (χ3n) is 17.1. The fourth-order valence-corrected chi connectivity index (χ4v) is 27.4. The monoisotopic (exact) mass is 1640 g/mol. The van der Waals surface area contributed by atoms with Crippen LogP contribution in [0.1, 0.15) is 142 Å². The summed E-state index contributed by atoms with van der Waals surface area (Å²) in [6.07, 6.45) is 64.2. The van der Waals surface area contributed by atoms with Gasteiger partial charge in [-0.3, -0.25) is 0 Å². The SMILES string of the molecule is CC([C]1[CH][CH][CH][C]1P(c1ccccc1)c1ccccc1)P(C1CCCCC1)C1CCCCC1.CC([C]1[CH][CH][CH][C]1P(c1ccccc1)c1ccccc1)P(C1CCCCC1)C1CCCCC1.[CH]1[CH][CH][CH][CH]1.[CH]1[CH][CH][CH][CH]1.[Cl-].[Cl-].[Fe+2].[Fe+2].[Ir].[Ir]. The molecule has 2 unspecified atom stereocenters. The van der Waals surface area contributed by atoms with E-state index in [0.29, 0.717) is 11.3 Å². The zero-order chi connectivity index (χ0) is 52.0. The van der Waals surface area contributed by atoms with Crippen molar-refractivity contribution < 1.29 is 99.2 Å². The van der Waals surface area contributed by atoms with E-state index in [9.17, 15) is 0 Å². The van der Waals surface area contributed by atoms with Gasteiger partial charge in [0.05, 0.1) is 0 Å². The Morgan fingerprint density at radius 3 is 0.707 bits per heavy atom. The molecule has 8 fully saturated rings. The average Bonchev–Trinajstić information content (AvgIpc) is 4.50. The zero-order valence-corrected chi connectivity index (χ0v) is 60.4. The van der Waals surface area contributed by atoms with Crippen LogP contribution in [0, 0.1) is 126 Å². The molecule has 0 heterocycles. The van der Waals surface area contributed by atoms with Crippen molar-refractivity contribution in [1.29, 1.82) is 0 Å². The molecule has 0 N–H and O–H groups in total. The summed E-state index contributed by atoms with van der Waals surface area (Å²) in [5.41, 5.74) is 8.65. The molecular formula is C72H88Cl2Fe2Ir2P4+2. The van der Waals surface area contributed by atoms with E-state index in [2.05, 4.69) is 174 Å². The molecule has 0 nitrogen and oxygen atoms in total. The molecule has 0 aromatic heterocycles. The van der Waals surface area contributed by atoms with E-state index in [1.807, 2.05) is 64.2 Å². The van der Waals surface area contributed by atoms with Gasteiger partial charge in [0.15, 0.2) is 0 Å². The van der Waals surface area contributed by atoms with Gasteiger partial charge in [0.1, 0.15) is 0 Å². The summed E-state index contributed by atoms with van der Waals surface area (Å²) in [6.45, 7) is 5.24. The van der Waals surface area contributed by atoms with Crippen molar-refractivity contribution in [2.75, 3.05) is 0 Å². The summed E-state index contributed by atoms with van der Waals surface area (Å²) < 4.78 is 0. The second kappa shape index (κ2) is 44.1. The van der Waals surface area contributed by atoms with Gasteiger partial charge in [0, 0.05) is 51.5 Å². The molecule has 10 heteroatoms. The van der Waals surface area contributed by atoms with Crippen molar-refractivity contribution in [2.45, 2.75) is 176 Å². The van der Waals surface area contributed by atoms with Crippen molar-refractivity contribution in [3.63, 3.8) is 0 Å². The van der Waals surface area contributed by atoms with Crippen molar-refractivity contribution in [3.05, 3.63) is 247 Å². The molecule has 8 aliphatic rings. The Hall–Kier alpha value is 1.52. The Bertz CT molecular complexity index is 1850. The first-order valence-corrected chi connectivity index (χ1v) is 35.6. The zero-order valence-electron chi connectivity index (χ0n) is 48.3. The predicted molar refractivity (Wildman–Crippen MR) is 340 cm³/mol. The first kappa shape index (κ1) is 77.8. The molecular weight excluding hydrogens is 1560 g/mol. The fourth-order valence-electron chi connectivity index (χ4n) is 13.5. The molecule has 4 aromatic rings. The maximum Gasteiger partial charge on any atom is 2.00 e. The van der Waals surface area contributed by atoms with Gasteiger partial charge >= 0.3 is 34.1 Å². The van der Waals surface area contributed by atoms with Gasteiger partial charge in [-0.05, 0) is 237 Å². The Morgan fingerprint density at radius 2 is 0.500 bits per heavy atom. The van der Waals surface area contributed by atoms with E-state index in [1.54, 1.807) is 23.2 Å². The Balaban J connectivity index is 0.000000344. The van der Waals surface area contributed by atoms with Gasteiger partial charge in [0.2, 0.25) is 0 Å². The Kier molecular flexibility index (Phi) is 41.8. The third kappa shape index (κ3) is 23.0. The molecule has 0 aliphatic heterocycles. The van der Waals surface area contributed by atoms with Crippen LogP contribution in [0.25, 0.3) is 0 Å². The summed E-state index contributed by atoms with van der Waals surface area (Å²) in [4.78, 5) is 0. The standard InChI is InChI=1S/2C31H39P2.2C5H5.2ClH.2Fe.2Ir/c2*1-25(32(26-15-6-2-7-16-26)27-17-8-3-9-18-27)30-23-14-24-31(30)33(28-19-10-4-11-20-28)29-21-12-5-13-22-29;2*1-2-4-5-3-1;;;;;;/h2*4-5,10-14,19-27H,2-3,6-9,15-18H2,1H3;2*1-5H;2*1H;;;;/q;;;;;;2*+2;;/p-2. The Labute approximate surface area is 570 Å². The van der Waals surface area contributed by atoms with Gasteiger partial charge in [-0.2, -0.15) is 0 Å². The average molecular weight is 1640 g/mol. The van der Waals surface area contributed by atoms with Gasteiger partial charge < -0.3 is 24.8 Å². The molecule has 22 radical (unpaired) electrons. The van der Waals surface area contributed by atoms with Crippen LogP contribution in [0.3, 0.4) is 0 Å². The van der Waals surface area contributed by atoms with Gasteiger partial charge in [-0.1, -0.05) is 228 Å². The number of benzene rings is 4. The maximum atomic E-state index is 2.62. The summed E-state index contributed by atoms with van der Waals surface area (Å²) in [6, 6.07) is 45.2. The third-order valence-corrected chi connectivity index (χ3v) is 29.9. The molecule has 82 heavy (non-hydrogen) atoms. The second-order valence-corrected chi connectivity index (χ2v) is 32.7. The summed E-state index contributed by atoms with van der Waals surface area (Å²) in [5, 5.41) is 5.94. The van der Waals surface area contributed by atoms with Crippen molar-refractivity contribution in [2.24, 2.45) is 0 Å². The maximum absolute atomic E-state index is 2.62. The fraction of sp³-hybridized carbons (Fsp3) is 0.389. The van der Waals surface area contributed by atoms with Crippen molar-refractivity contribution in [3.8, 4) is 0 Å². The quantitative estimate of drug-likeness (QED) is 0.0872. The van der Waals surface area contributed by atoms with Crippen LogP contribution in [0.2, 0.25) is 0 Å². The largest absolute Gasteiger partial charge is 2.00 e. The molecule has 2 atom stereocenters. The summed E-state index contributed by atoms with van der Waals surface area (Å²) >= 11 is 0. The normalized spacial score (nSPS) is 21.3. The van der Waals surface area contributed by atoms with Crippen LogP contribution in [0.5, 0.6) is 0 Å². The number of hydrogen-bond donors (Lipinski definition) is 0. The van der Waals surface area contributed by atoms with Crippen LogP contribution >= 0.6 is 31.7 Å². The molecule has 8 aliphatic carbocycles. The number of rotatable bonds is 14. The topological polar surface area (TPSA) is 0 Å². The molecule has 0 amide bonds. The van der Waals surface area contributed by atoms with E-state index in [0.717, 1.165) is 22.6 Å². The minimum absolute atomic E-state index is 0. The predicted octanol–water partition coefficient (Wildman–Crippen LogP) is 12.8. The number of hydrogen-bond acceptors (Lipinski definition) is 0. The molecule has 442 valence electrons. The summed E-state index contributed by atoms with van der Waals surface area (Å²) in [7, 11) is -0.977. The molecule has 12 rings (SSSR count). The van der Waals surface area contributed by atoms with Crippen LogP contribution < -0.4 is 46.0 Å². The van der Waals surface area contributed by atoms with Crippen molar-refractivity contribution in [1.82, 2.24) is 0 Å². The van der Waals surface area contributed by atoms with Crippen LogP contribution in [-0.4, -0.2) is 34.0 Å².